The van der Waals surface area contributed by atoms with Gasteiger partial charge in [-0.3, -0.25) is 9.59 Å². The summed E-state index contributed by atoms with van der Waals surface area (Å²) in [5, 5.41) is 7.33. The molecule has 0 spiro atoms. The molecule has 1 heterocycles. The number of carbonyl (C=O) groups is 3. The minimum absolute atomic E-state index is 0.142. The lowest BCUT2D eigenvalue weighted by atomic mass is 10.1. The number of ether oxygens (including phenoxy) is 1. The summed E-state index contributed by atoms with van der Waals surface area (Å²) in [6.45, 7) is -0.887. The predicted octanol–water partition coefficient (Wildman–Crippen LogP) is 1.95. The van der Waals surface area contributed by atoms with Crippen LogP contribution in [0.5, 0.6) is 0 Å². The first-order valence-electron chi connectivity index (χ1n) is 8.57. The lowest BCUT2D eigenvalue weighted by Crippen LogP contribution is -2.36. The smallest absolute Gasteiger partial charge is 0.357 e. The Hall–Kier alpha value is -3.65. The van der Waals surface area contributed by atoms with Crippen molar-refractivity contribution in [2.75, 3.05) is 13.2 Å². The molecule has 0 fully saturated rings. The first-order valence-corrected chi connectivity index (χ1v) is 8.95. The van der Waals surface area contributed by atoms with E-state index < -0.39 is 24.4 Å². The lowest BCUT2D eigenvalue weighted by molar-refractivity contribution is -0.127. The summed E-state index contributed by atoms with van der Waals surface area (Å²) < 4.78 is 6.51. The van der Waals surface area contributed by atoms with Gasteiger partial charge in [0.25, 0.3) is 5.91 Å². The van der Waals surface area contributed by atoms with Crippen LogP contribution in [-0.2, 0) is 14.3 Å². The first-order chi connectivity index (χ1) is 13.9. The van der Waals surface area contributed by atoms with Crippen molar-refractivity contribution in [1.29, 1.82) is 0 Å². The van der Waals surface area contributed by atoms with Crippen molar-refractivity contribution in [1.82, 2.24) is 15.1 Å². The Morgan fingerprint density at radius 2 is 1.76 bits per heavy atom. The number of hydrogen-bond donors (Lipinski definition) is 2. The van der Waals surface area contributed by atoms with Crippen LogP contribution >= 0.6 is 11.6 Å². The second-order valence-corrected chi connectivity index (χ2v) is 6.42. The average Bonchev–Trinajstić information content (AvgIpc) is 3.17. The van der Waals surface area contributed by atoms with Gasteiger partial charge in [-0.2, -0.15) is 5.10 Å². The molecule has 0 radical (unpaired) electrons. The number of primary amides is 1. The number of benzene rings is 2. The Balaban J connectivity index is 1.86. The quantitative estimate of drug-likeness (QED) is 0.575. The lowest BCUT2D eigenvalue weighted by Gasteiger charge is -2.08. The van der Waals surface area contributed by atoms with Crippen LogP contribution in [0.3, 0.4) is 0 Å². The van der Waals surface area contributed by atoms with Gasteiger partial charge in [-0.15, -0.1) is 0 Å². The number of aromatic nitrogens is 2. The number of esters is 1. The van der Waals surface area contributed by atoms with Gasteiger partial charge in [0.1, 0.15) is 0 Å². The zero-order valence-electron chi connectivity index (χ0n) is 15.2. The fourth-order valence-electron chi connectivity index (χ4n) is 2.50. The van der Waals surface area contributed by atoms with Gasteiger partial charge >= 0.3 is 5.97 Å². The number of amides is 2. The second-order valence-electron chi connectivity index (χ2n) is 5.99. The maximum Gasteiger partial charge on any atom is 0.357 e. The van der Waals surface area contributed by atoms with E-state index in [4.69, 9.17) is 22.1 Å². The molecule has 0 atom stereocenters. The molecule has 0 aliphatic heterocycles. The van der Waals surface area contributed by atoms with Gasteiger partial charge in [-0.1, -0.05) is 41.9 Å². The van der Waals surface area contributed by atoms with E-state index in [1.54, 1.807) is 42.5 Å². The monoisotopic (exact) mass is 412 g/mol. The van der Waals surface area contributed by atoms with Gasteiger partial charge in [0.2, 0.25) is 5.91 Å². The zero-order chi connectivity index (χ0) is 20.8. The third-order valence-electron chi connectivity index (χ3n) is 3.85. The van der Waals surface area contributed by atoms with Crippen LogP contribution in [0.25, 0.3) is 16.9 Å². The number of halogens is 1. The molecule has 8 nitrogen and oxygen atoms in total. The van der Waals surface area contributed by atoms with E-state index in [1.165, 1.54) is 4.68 Å². The highest BCUT2D eigenvalue weighted by atomic mass is 35.5. The molecular weight excluding hydrogens is 396 g/mol. The molecule has 0 bridgehead atoms. The van der Waals surface area contributed by atoms with Gasteiger partial charge < -0.3 is 15.8 Å². The fraction of sp³-hybridized carbons (Fsp3) is 0.100. The number of hydrogen-bond acceptors (Lipinski definition) is 5. The van der Waals surface area contributed by atoms with E-state index in [0.29, 0.717) is 16.4 Å². The van der Waals surface area contributed by atoms with Gasteiger partial charge in [-0.25, -0.2) is 9.48 Å². The van der Waals surface area contributed by atoms with Crippen LogP contribution in [0.1, 0.15) is 10.5 Å². The third kappa shape index (κ3) is 5.20. The Morgan fingerprint density at radius 1 is 1.07 bits per heavy atom. The molecule has 3 N–H and O–H groups in total. The zero-order valence-corrected chi connectivity index (χ0v) is 15.9. The van der Waals surface area contributed by atoms with Crippen LogP contribution < -0.4 is 11.1 Å². The SMILES string of the molecule is NC(=O)CNC(=O)COC(=O)c1cc(-c2ccc(Cl)cc2)nn1-c1ccccc1. The molecule has 0 aliphatic carbocycles. The summed E-state index contributed by atoms with van der Waals surface area (Å²) in [7, 11) is 0. The van der Waals surface area contributed by atoms with E-state index in [-0.39, 0.29) is 12.2 Å². The van der Waals surface area contributed by atoms with Crippen molar-refractivity contribution in [3.63, 3.8) is 0 Å². The molecule has 2 amide bonds. The second kappa shape index (κ2) is 9.03. The average molecular weight is 413 g/mol. The number of carbonyl (C=O) groups excluding carboxylic acids is 3. The van der Waals surface area contributed by atoms with Crippen LogP contribution in [-0.4, -0.2) is 40.7 Å². The number of nitrogens with zero attached hydrogens (tertiary/aromatic N) is 2. The molecule has 0 saturated heterocycles. The van der Waals surface area contributed by atoms with Crippen molar-refractivity contribution in [3.05, 3.63) is 71.4 Å². The highest BCUT2D eigenvalue weighted by Gasteiger charge is 2.20. The maximum atomic E-state index is 12.6. The van der Waals surface area contributed by atoms with Crippen molar-refractivity contribution in [3.8, 4) is 16.9 Å². The predicted molar refractivity (Wildman–Crippen MR) is 106 cm³/mol. The van der Waals surface area contributed by atoms with Gasteiger partial charge in [0, 0.05) is 10.6 Å². The standard InChI is InChI=1S/C20H17ClN4O4/c21-14-8-6-13(7-9-14)16-10-17(25(24-16)15-4-2-1-3-5-15)20(28)29-12-19(27)23-11-18(22)26/h1-10H,11-12H2,(H2,22,26)(H,23,27). The Morgan fingerprint density at radius 3 is 2.41 bits per heavy atom. The van der Waals surface area contributed by atoms with Crippen LogP contribution in [0.15, 0.2) is 60.7 Å². The van der Waals surface area contributed by atoms with Crippen molar-refractivity contribution in [2.45, 2.75) is 0 Å². The first kappa shape index (κ1) is 20.1. The maximum absolute atomic E-state index is 12.6. The van der Waals surface area contributed by atoms with E-state index in [2.05, 4.69) is 10.4 Å². The minimum atomic E-state index is -0.740. The molecule has 0 unspecified atom stereocenters. The van der Waals surface area contributed by atoms with Crippen molar-refractivity contribution in [2.24, 2.45) is 5.73 Å². The molecule has 3 rings (SSSR count). The molecule has 9 heteroatoms. The van der Waals surface area contributed by atoms with Gasteiger partial charge in [0.15, 0.2) is 12.3 Å². The Bertz CT molecular complexity index is 1030. The number of para-hydroxylation sites is 1. The van der Waals surface area contributed by atoms with Crippen molar-refractivity contribution >= 4 is 29.4 Å². The largest absolute Gasteiger partial charge is 0.451 e. The van der Waals surface area contributed by atoms with Crippen LogP contribution in [0.4, 0.5) is 0 Å². The molecule has 148 valence electrons. The summed E-state index contributed by atoms with van der Waals surface area (Å²) in [6, 6.07) is 17.6. The summed E-state index contributed by atoms with van der Waals surface area (Å²) in [4.78, 5) is 35.0. The molecule has 1 aromatic heterocycles. The minimum Gasteiger partial charge on any atom is -0.451 e. The Labute approximate surface area is 171 Å². The van der Waals surface area contributed by atoms with Crippen molar-refractivity contribution < 1.29 is 19.1 Å². The highest BCUT2D eigenvalue weighted by Crippen LogP contribution is 2.23. The molecule has 0 saturated carbocycles. The topological polar surface area (TPSA) is 116 Å². The molecule has 3 aromatic rings. The normalized spacial score (nSPS) is 10.4. The van der Waals surface area contributed by atoms with E-state index in [1.807, 2.05) is 18.2 Å². The van der Waals surface area contributed by atoms with Gasteiger partial charge in [-0.05, 0) is 30.3 Å². The fourth-order valence-corrected chi connectivity index (χ4v) is 2.62. The summed E-state index contributed by atoms with van der Waals surface area (Å²) in [5.41, 5.74) is 7.05. The summed E-state index contributed by atoms with van der Waals surface area (Å²) in [5.74, 6) is -2.07. The Kier molecular flexibility index (Phi) is 6.25. The number of nitrogens with one attached hydrogen (secondary N) is 1. The summed E-state index contributed by atoms with van der Waals surface area (Å²) >= 11 is 5.93. The molecule has 0 aliphatic rings. The van der Waals surface area contributed by atoms with Crippen LogP contribution in [0.2, 0.25) is 5.02 Å². The van der Waals surface area contributed by atoms with Crippen LogP contribution in [0, 0.1) is 0 Å². The van der Waals surface area contributed by atoms with E-state index in [0.717, 1.165) is 5.56 Å². The summed E-state index contributed by atoms with van der Waals surface area (Å²) in [6.07, 6.45) is 0. The number of rotatable bonds is 7. The number of nitrogens with two attached hydrogens (primary N) is 1. The van der Waals surface area contributed by atoms with E-state index >= 15 is 0 Å². The van der Waals surface area contributed by atoms with E-state index in [9.17, 15) is 14.4 Å². The molecule has 29 heavy (non-hydrogen) atoms. The molecule has 2 aromatic carbocycles. The molecular formula is C20H17ClN4O4. The highest BCUT2D eigenvalue weighted by molar-refractivity contribution is 6.30. The third-order valence-corrected chi connectivity index (χ3v) is 4.11. The van der Waals surface area contributed by atoms with Gasteiger partial charge in [0.05, 0.1) is 17.9 Å².